The Morgan fingerprint density at radius 3 is 2.60 bits per heavy atom. The summed E-state index contributed by atoms with van der Waals surface area (Å²) in [5.74, 6) is 0.710. The van der Waals surface area contributed by atoms with E-state index in [4.69, 9.17) is 9.47 Å². The van der Waals surface area contributed by atoms with Crippen molar-refractivity contribution in [1.29, 1.82) is 0 Å². The van der Waals surface area contributed by atoms with Crippen LogP contribution in [0.1, 0.15) is 12.8 Å². The number of hydrogen-bond donors (Lipinski definition) is 0. The zero-order valence-electron chi connectivity index (χ0n) is 16.9. The second kappa shape index (κ2) is 8.32. The summed E-state index contributed by atoms with van der Waals surface area (Å²) in [5, 5.41) is 1.04. The number of hydrogen-bond acceptors (Lipinski definition) is 5. The Kier molecular flexibility index (Phi) is 5.24. The Labute approximate surface area is 176 Å². The fourth-order valence-electron chi connectivity index (χ4n) is 4.17. The van der Waals surface area contributed by atoms with Gasteiger partial charge in [-0.1, -0.05) is 18.2 Å². The molecule has 0 N–H and O–H groups in total. The molecule has 1 atom stereocenters. The quantitative estimate of drug-likeness (QED) is 0.651. The molecule has 3 heterocycles. The summed E-state index contributed by atoms with van der Waals surface area (Å²) in [6, 6.07) is 18.1. The molecule has 0 bridgehead atoms. The van der Waals surface area contributed by atoms with Gasteiger partial charge >= 0.3 is 0 Å². The number of aromatic nitrogens is 1. The number of ether oxygens (including phenoxy) is 2. The standard InChI is InChI=1S/C24H25N3O3/c28-23-17-29-21(16-30-22-7-3-5-18-6-4-12-25-24(18)22)15-27(23)20-10-8-19(9-11-20)26-13-1-2-14-26/h3-12,21H,1-2,13-17H2. The van der Waals surface area contributed by atoms with Gasteiger partial charge in [-0.05, 0) is 49.2 Å². The van der Waals surface area contributed by atoms with Crippen molar-refractivity contribution in [1.82, 2.24) is 4.98 Å². The SMILES string of the molecule is O=C1COC(COc2cccc3cccnc23)CN1c1ccc(N2CCCC2)cc1. The number of carbonyl (C=O) groups excluding carboxylic acids is 1. The minimum Gasteiger partial charge on any atom is -0.489 e. The lowest BCUT2D eigenvalue weighted by atomic mass is 10.2. The molecule has 0 saturated carbocycles. The number of pyridine rings is 1. The Balaban J connectivity index is 1.26. The van der Waals surface area contributed by atoms with Crippen LogP contribution in [0.5, 0.6) is 5.75 Å². The fraction of sp³-hybridized carbons (Fsp3) is 0.333. The van der Waals surface area contributed by atoms with Gasteiger partial charge in [0.1, 0.15) is 30.6 Å². The molecule has 0 radical (unpaired) electrons. The van der Waals surface area contributed by atoms with Gasteiger partial charge in [-0.25, -0.2) is 0 Å². The minimum absolute atomic E-state index is 0.0213. The number of fused-ring (bicyclic) bond motifs is 1. The number of rotatable bonds is 5. The van der Waals surface area contributed by atoms with E-state index < -0.39 is 0 Å². The lowest BCUT2D eigenvalue weighted by molar-refractivity contribution is -0.130. The number of para-hydroxylation sites is 1. The van der Waals surface area contributed by atoms with Crippen LogP contribution in [0, 0.1) is 0 Å². The van der Waals surface area contributed by atoms with Crippen LogP contribution in [0.25, 0.3) is 10.9 Å². The summed E-state index contributed by atoms with van der Waals surface area (Å²) in [6.45, 7) is 3.12. The lowest BCUT2D eigenvalue weighted by Gasteiger charge is -2.33. The molecule has 1 unspecified atom stereocenters. The van der Waals surface area contributed by atoms with E-state index in [9.17, 15) is 4.79 Å². The van der Waals surface area contributed by atoms with Crippen molar-refractivity contribution in [3.63, 3.8) is 0 Å². The van der Waals surface area contributed by atoms with Gasteiger partial charge in [0, 0.05) is 36.0 Å². The molecule has 6 heteroatoms. The lowest BCUT2D eigenvalue weighted by Crippen LogP contribution is -2.48. The molecule has 0 spiro atoms. The number of benzene rings is 2. The van der Waals surface area contributed by atoms with Crippen LogP contribution in [-0.2, 0) is 9.53 Å². The monoisotopic (exact) mass is 403 g/mol. The number of nitrogens with zero attached hydrogens (tertiary/aromatic N) is 3. The predicted molar refractivity (Wildman–Crippen MR) is 117 cm³/mol. The van der Waals surface area contributed by atoms with Crippen LogP contribution >= 0.6 is 0 Å². The molecule has 2 fully saturated rings. The highest BCUT2D eigenvalue weighted by molar-refractivity contribution is 5.95. The molecule has 2 saturated heterocycles. The van der Waals surface area contributed by atoms with Gasteiger partial charge in [0.2, 0.25) is 0 Å². The summed E-state index contributed by atoms with van der Waals surface area (Å²) in [4.78, 5) is 21.1. The van der Waals surface area contributed by atoms with E-state index in [0.29, 0.717) is 13.2 Å². The number of anilines is 2. The van der Waals surface area contributed by atoms with Crippen LogP contribution in [0.15, 0.2) is 60.8 Å². The first-order valence-electron chi connectivity index (χ1n) is 10.5. The highest BCUT2D eigenvalue weighted by atomic mass is 16.5. The largest absolute Gasteiger partial charge is 0.489 e. The van der Waals surface area contributed by atoms with Gasteiger partial charge in [-0.15, -0.1) is 0 Å². The molecule has 2 aromatic carbocycles. The van der Waals surface area contributed by atoms with Crippen LogP contribution in [0.3, 0.4) is 0 Å². The molecular formula is C24H25N3O3. The number of carbonyl (C=O) groups is 1. The van der Waals surface area contributed by atoms with E-state index in [0.717, 1.165) is 35.4 Å². The van der Waals surface area contributed by atoms with Crippen molar-refractivity contribution in [2.75, 3.05) is 42.6 Å². The van der Waals surface area contributed by atoms with E-state index in [-0.39, 0.29) is 18.6 Å². The van der Waals surface area contributed by atoms with Crippen molar-refractivity contribution in [3.8, 4) is 5.75 Å². The van der Waals surface area contributed by atoms with Gasteiger partial charge in [-0.2, -0.15) is 0 Å². The smallest absolute Gasteiger partial charge is 0.253 e. The van der Waals surface area contributed by atoms with Crippen LogP contribution in [0.4, 0.5) is 11.4 Å². The minimum atomic E-state index is -0.195. The maximum absolute atomic E-state index is 12.5. The summed E-state index contributed by atoms with van der Waals surface area (Å²) in [6.07, 6.45) is 4.06. The number of morpholine rings is 1. The van der Waals surface area contributed by atoms with Crippen molar-refractivity contribution < 1.29 is 14.3 Å². The summed E-state index contributed by atoms with van der Waals surface area (Å²) < 4.78 is 11.8. The first-order valence-corrected chi connectivity index (χ1v) is 10.5. The molecule has 154 valence electrons. The van der Waals surface area contributed by atoms with E-state index in [1.807, 2.05) is 42.5 Å². The molecule has 2 aliphatic heterocycles. The Morgan fingerprint density at radius 1 is 1.00 bits per heavy atom. The normalized spacial score (nSPS) is 19.5. The zero-order valence-corrected chi connectivity index (χ0v) is 16.9. The molecule has 1 aromatic heterocycles. The zero-order chi connectivity index (χ0) is 20.3. The molecule has 6 nitrogen and oxygen atoms in total. The van der Waals surface area contributed by atoms with Crippen molar-refractivity contribution in [3.05, 3.63) is 60.8 Å². The maximum atomic E-state index is 12.5. The van der Waals surface area contributed by atoms with Crippen LogP contribution in [0.2, 0.25) is 0 Å². The topological polar surface area (TPSA) is 54.9 Å². The van der Waals surface area contributed by atoms with Gasteiger partial charge in [0.15, 0.2) is 0 Å². The van der Waals surface area contributed by atoms with Gasteiger partial charge in [0.25, 0.3) is 5.91 Å². The van der Waals surface area contributed by atoms with Crippen LogP contribution < -0.4 is 14.5 Å². The Morgan fingerprint density at radius 2 is 1.77 bits per heavy atom. The second-order valence-electron chi connectivity index (χ2n) is 7.79. The molecular weight excluding hydrogens is 378 g/mol. The third-order valence-electron chi connectivity index (χ3n) is 5.78. The Hall–Kier alpha value is -3.12. The fourth-order valence-corrected chi connectivity index (χ4v) is 4.17. The van der Waals surface area contributed by atoms with E-state index >= 15 is 0 Å². The maximum Gasteiger partial charge on any atom is 0.253 e. The molecule has 3 aromatic rings. The summed E-state index contributed by atoms with van der Waals surface area (Å²) in [5.41, 5.74) is 2.96. The number of amides is 1. The van der Waals surface area contributed by atoms with Crippen molar-refractivity contribution in [2.45, 2.75) is 18.9 Å². The molecule has 1 amide bonds. The second-order valence-corrected chi connectivity index (χ2v) is 7.79. The third-order valence-corrected chi connectivity index (χ3v) is 5.78. The van der Waals surface area contributed by atoms with Crippen LogP contribution in [-0.4, -0.2) is 49.8 Å². The predicted octanol–water partition coefficient (Wildman–Crippen LogP) is 3.65. The van der Waals surface area contributed by atoms with Crippen molar-refractivity contribution in [2.24, 2.45) is 0 Å². The average molecular weight is 403 g/mol. The Bertz CT molecular complexity index is 1030. The van der Waals surface area contributed by atoms with E-state index in [1.54, 1.807) is 11.1 Å². The molecule has 2 aliphatic rings. The summed E-state index contributed by atoms with van der Waals surface area (Å²) in [7, 11) is 0. The molecule has 30 heavy (non-hydrogen) atoms. The summed E-state index contributed by atoms with van der Waals surface area (Å²) >= 11 is 0. The average Bonchev–Trinajstić information content (AvgIpc) is 3.34. The highest BCUT2D eigenvalue weighted by Crippen LogP contribution is 2.26. The van der Waals surface area contributed by atoms with Crippen molar-refractivity contribution >= 4 is 28.2 Å². The molecule has 5 rings (SSSR count). The van der Waals surface area contributed by atoms with Gasteiger partial charge in [0.05, 0.1) is 6.54 Å². The van der Waals surface area contributed by atoms with Gasteiger partial charge in [-0.3, -0.25) is 9.78 Å². The first kappa shape index (κ1) is 18.9. The first-order chi connectivity index (χ1) is 14.8. The third kappa shape index (κ3) is 3.83. The van der Waals surface area contributed by atoms with Gasteiger partial charge < -0.3 is 19.3 Å². The van der Waals surface area contributed by atoms with E-state index in [2.05, 4.69) is 22.0 Å². The van der Waals surface area contributed by atoms with E-state index in [1.165, 1.54) is 18.5 Å². The molecule has 0 aliphatic carbocycles. The highest BCUT2D eigenvalue weighted by Gasteiger charge is 2.28.